The molecule has 1 aromatic rings. The van der Waals surface area contributed by atoms with Crippen molar-refractivity contribution in [2.75, 3.05) is 11.4 Å². The van der Waals surface area contributed by atoms with Gasteiger partial charge in [-0.3, -0.25) is 14.9 Å². The summed E-state index contributed by atoms with van der Waals surface area (Å²) in [7, 11) is 0. The van der Waals surface area contributed by atoms with Gasteiger partial charge in [-0.05, 0) is 24.8 Å². The Kier molecular flexibility index (Phi) is 3.12. The molecule has 2 fully saturated rings. The number of non-ortho nitro benzene ring substituents is 1. The molecule has 2 atom stereocenters. The van der Waals surface area contributed by atoms with Crippen LogP contribution >= 0.6 is 0 Å². The lowest BCUT2D eigenvalue weighted by atomic mass is 9.91. The molecule has 2 saturated heterocycles. The van der Waals surface area contributed by atoms with Crippen molar-refractivity contribution in [3.05, 3.63) is 34.4 Å². The van der Waals surface area contributed by atoms with Crippen LogP contribution in [-0.4, -0.2) is 34.3 Å². The van der Waals surface area contributed by atoms with Gasteiger partial charge in [-0.2, -0.15) is 0 Å². The number of nitrogens with zero attached hydrogens (tertiary/aromatic N) is 3. The summed E-state index contributed by atoms with van der Waals surface area (Å²) >= 11 is 0. The molecule has 3 amide bonds. The fraction of sp³-hybridized carbons (Fsp3) is 0.429. The molecule has 2 heterocycles. The number of amides is 3. The van der Waals surface area contributed by atoms with Gasteiger partial charge in [0.25, 0.3) is 11.6 Å². The highest BCUT2D eigenvalue weighted by atomic mass is 16.6. The number of anilines is 1. The van der Waals surface area contributed by atoms with Crippen molar-refractivity contribution in [3.8, 4) is 0 Å². The smallest absolute Gasteiger partial charge is 0.312 e. The molecule has 2 aliphatic heterocycles. The van der Waals surface area contributed by atoms with E-state index in [9.17, 15) is 19.7 Å². The standard InChI is InChI=1S/C14H15N3O4/c1-9-4-3-7-15-12(9)13(18)16(14(15)19)10-5-2-6-11(8-10)17(20)21/h2,5-6,8-9,12H,3-4,7H2,1H3. The number of nitro groups is 1. The summed E-state index contributed by atoms with van der Waals surface area (Å²) in [4.78, 5) is 37.9. The van der Waals surface area contributed by atoms with E-state index in [1.165, 1.54) is 18.2 Å². The zero-order chi connectivity index (χ0) is 15.1. The lowest BCUT2D eigenvalue weighted by molar-refractivity contribution is -0.384. The van der Waals surface area contributed by atoms with Crippen molar-refractivity contribution >= 4 is 23.3 Å². The van der Waals surface area contributed by atoms with Crippen LogP contribution < -0.4 is 4.90 Å². The molecule has 2 aliphatic rings. The van der Waals surface area contributed by atoms with E-state index < -0.39 is 11.0 Å². The topological polar surface area (TPSA) is 83.8 Å². The number of nitro benzene ring substituents is 1. The molecular formula is C14H15N3O4. The number of imide groups is 1. The predicted octanol–water partition coefficient (Wildman–Crippen LogP) is 2.16. The van der Waals surface area contributed by atoms with Crippen LogP contribution in [0.2, 0.25) is 0 Å². The maximum atomic E-state index is 12.5. The molecule has 0 radical (unpaired) electrons. The lowest BCUT2D eigenvalue weighted by Gasteiger charge is -2.31. The van der Waals surface area contributed by atoms with E-state index in [1.54, 1.807) is 11.0 Å². The van der Waals surface area contributed by atoms with Crippen molar-refractivity contribution in [3.63, 3.8) is 0 Å². The zero-order valence-corrected chi connectivity index (χ0v) is 11.6. The molecule has 3 rings (SSSR count). The first-order chi connectivity index (χ1) is 10.0. The minimum Gasteiger partial charge on any atom is -0.312 e. The monoisotopic (exact) mass is 289 g/mol. The lowest BCUT2D eigenvalue weighted by Crippen LogP contribution is -2.44. The van der Waals surface area contributed by atoms with E-state index >= 15 is 0 Å². The molecule has 0 spiro atoms. The van der Waals surface area contributed by atoms with E-state index in [2.05, 4.69) is 0 Å². The molecule has 0 aliphatic carbocycles. The quantitative estimate of drug-likeness (QED) is 0.474. The molecule has 110 valence electrons. The Balaban J connectivity index is 1.99. The Morgan fingerprint density at radius 3 is 2.76 bits per heavy atom. The minimum absolute atomic E-state index is 0.110. The van der Waals surface area contributed by atoms with E-state index in [0.29, 0.717) is 6.54 Å². The SMILES string of the molecule is CC1CCCN2C(=O)N(c3cccc([N+](=O)[O-])c3)C(=O)C12. The minimum atomic E-state index is -0.537. The van der Waals surface area contributed by atoms with Gasteiger partial charge in [-0.25, -0.2) is 9.69 Å². The summed E-state index contributed by atoms with van der Waals surface area (Å²) in [5.74, 6) is -0.174. The van der Waals surface area contributed by atoms with Crippen LogP contribution in [0, 0.1) is 16.0 Å². The highest BCUT2D eigenvalue weighted by Crippen LogP contribution is 2.34. The summed E-state index contributed by atoms with van der Waals surface area (Å²) in [6, 6.07) is 4.81. The van der Waals surface area contributed by atoms with Crippen molar-refractivity contribution in [1.82, 2.24) is 4.90 Å². The fourth-order valence-electron chi connectivity index (χ4n) is 3.12. The van der Waals surface area contributed by atoms with E-state index in [1.807, 2.05) is 6.92 Å². The van der Waals surface area contributed by atoms with Crippen LogP contribution in [0.3, 0.4) is 0 Å². The van der Waals surface area contributed by atoms with Gasteiger partial charge in [0.1, 0.15) is 6.04 Å². The molecule has 2 unspecified atom stereocenters. The Morgan fingerprint density at radius 1 is 1.33 bits per heavy atom. The van der Waals surface area contributed by atoms with Crippen molar-refractivity contribution in [2.24, 2.45) is 5.92 Å². The van der Waals surface area contributed by atoms with E-state index in [4.69, 9.17) is 0 Å². The molecular weight excluding hydrogens is 274 g/mol. The summed E-state index contributed by atoms with van der Waals surface area (Å²) in [5.41, 5.74) is 0.131. The third-order valence-corrected chi connectivity index (χ3v) is 4.14. The maximum Gasteiger partial charge on any atom is 0.332 e. The van der Waals surface area contributed by atoms with Crippen LogP contribution in [0.5, 0.6) is 0 Å². The summed E-state index contributed by atoms with van der Waals surface area (Å²) < 4.78 is 0. The largest absolute Gasteiger partial charge is 0.332 e. The van der Waals surface area contributed by atoms with Crippen molar-refractivity contribution < 1.29 is 14.5 Å². The Bertz CT molecular complexity index is 630. The Labute approximate surface area is 121 Å². The molecule has 0 N–H and O–H groups in total. The van der Waals surface area contributed by atoms with E-state index in [0.717, 1.165) is 17.7 Å². The summed E-state index contributed by atoms with van der Waals surface area (Å²) in [6.45, 7) is 2.52. The summed E-state index contributed by atoms with van der Waals surface area (Å²) in [6.07, 6.45) is 1.78. The van der Waals surface area contributed by atoms with Gasteiger partial charge in [0.2, 0.25) is 0 Å². The number of carbonyl (C=O) groups excluding carboxylic acids is 2. The van der Waals surface area contributed by atoms with Crippen LogP contribution in [0.4, 0.5) is 16.2 Å². The number of hydrogen-bond acceptors (Lipinski definition) is 4. The van der Waals surface area contributed by atoms with Crippen LogP contribution in [0.1, 0.15) is 19.8 Å². The first kappa shape index (κ1) is 13.5. The van der Waals surface area contributed by atoms with Gasteiger partial charge >= 0.3 is 6.03 Å². The van der Waals surface area contributed by atoms with Gasteiger partial charge in [-0.1, -0.05) is 13.0 Å². The first-order valence-corrected chi connectivity index (χ1v) is 6.89. The van der Waals surface area contributed by atoms with Crippen molar-refractivity contribution in [2.45, 2.75) is 25.8 Å². The van der Waals surface area contributed by atoms with Gasteiger partial charge in [-0.15, -0.1) is 0 Å². The summed E-state index contributed by atoms with van der Waals surface area (Å²) in [5, 5.41) is 10.8. The number of fused-ring (bicyclic) bond motifs is 1. The number of rotatable bonds is 2. The van der Waals surface area contributed by atoms with Gasteiger partial charge in [0.15, 0.2) is 0 Å². The third kappa shape index (κ3) is 2.05. The molecule has 1 aromatic carbocycles. The second-order valence-electron chi connectivity index (χ2n) is 5.49. The average Bonchev–Trinajstić information content (AvgIpc) is 2.72. The number of piperidine rings is 1. The molecule has 0 bridgehead atoms. The fourth-order valence-corrected chi connectivity index (χ4v) is 3.12. The van der Waals surface area contributed by atoms with Gasteiger partial charge in [0.05, 0.1) is 10.6 Å². The van der Waals surface area contributed by atoms with E-state index in [-0.39, 0.29) is 29.2 Å². The van der Waals surface area contributed by atoms with Gasteiger partial charge in [0, 0.05) is 18.7 Å². The number of benzene rings is 1. The molecule has 7 nitrogen and oxygen atoms in total. The van der Waals surface area contributed by atoms with Crippen molar-refractivity contribution in [1.29, 1.82) is 0 Å². The number of hydrogen-bond donors (Lipinski definition) is 0. The Hall–Kier alpha value is -2.44. The third-order valence-electron chi connectivity index (χ3n) is 4.14. The highest BCUT2D eigenvalue weighted by Gasteiger charge is 2.49. The first-order valence-electron chi connectivity index (χ1n) is 6.89. The van der Waals surface area contributed by atoms with Crippen LogP contribution in [0.15, 0.2) is 24.3 Å². The zero-order valence-electron chi connectivity index (χ0n) is 11.6. The molecule has 0 aromatic heterocycles. The van der Waals surface area contributed by atoms with Crippen LogP contribution in [0.25, 0.3) is 0 Å². The normalized spacial score (nSPS) is 25.2. The number of urea groups is 1. The van der Waals surface area contributed by atoms with Crippen LogP contribution in [-0.2, 0) is 4.79 Å². The average molecular weight is 289 g/mol. The maximum absolute atomic E-state index is 12.5. The highest BCUT2D eigenvalue weighted by molar-refractivity contribution is 6.21. The second kappa shape index (κ2) is 4.83. The molecule has 7 heteroatoms. The molecule has 21 heavy (non-hydrogen) atoms. The Morgan fingerprint density at radius 2 is 2.10 bits per heavy atom. The predicted molar refractivity (Wildman–Crippen MR) is 74.9 cm³/mol. The van der Waals surface area contributed by atoms with Gasteiger partial charge < -0.3 is 4.90 Å². The number of carbonyl (C=O) groups is 2. The second-order valence-corrected chi connectivity index (χ2v) is 5.49. The molecule has 0 saturated carbocycles.